The van der Waals surface area contributed by atoms with Gasteiger partial charge in [-0.25, -0.2) is 9.78 Å². The van der Waals surface area contributed by atoms with Crippen LogP contribution in [0.4, 0.5) is 0 Å². The molecule has 0 spiro atoms. The molecule has 0 atom stereocenters. The first kappa shape index (κ1) is 18.5. The van der Waals surface area contributed by atoms with Crippen molar-refractivity contribution < 1.29 is 4.42 Å². The van der Waals surface area contributed by atoms with Crippen LogP contribution in [-0.4, -0.2) is 9.55 Å². The van der Waals surface area contributed by atoms with Crippen molar-refractivity contribution in [1.82, 2.24) is 9.55 Å². The molecule has 0 aliphatic carbocycles. The molecule has 0 aliphatic rings. The Morgan fingerprint density at radius 2 is 1.79 bits per heavy atom. The summed E-state index contributed by atoms with van der Waals surface area (Å²) in [5.74, 6) is 0.523. The summed E-state index contributed by atoms with van der Waals surface area (Å²) in [5.41, 5.74) is 3.96. The quantitative estimate of drug-likeness (QED) is 0.292. The minimum atomic E-state index is -0.370. The summed E-state index contributed by atoms with van der Waals surface area (Å²) >= 11 is 1.46. The molecule has 28 heavy (non-hydrogen) atoms. The van der Waals surface area contributed by atoms with Crippen molar-refractivity contribution in [3.05, 3.63) is 79.9 Å². The van der Waals surface area contributed by atoms with E-state index in [-0.39, 0.29) is 11.2 Å². The maximum Gasteiger partial charge on any atom is 0.336 e. The third-order valence-electron chi connectivity index (χ3n) is 4.94. The molecular weight excluding hydrogens is 372 g/mol. The summed E-state index contributed by atoms with van der Waals surface area (Å²) in [6.07, 6.45) is 0. The lowest BCUT2D eigenvalue weighted by atomic mass is 10.0. The zero-order chi connectivity index (χ0) is 19.8. The first-order valence-corrected chi connectivity index (χ1v) is 10.1. The van der Waals surface area contributed by atoms with Crippen molar-refractivity contribution in [2.45, 2.75) is 38.2 Å². The normalized spacial score (nSPS) is 11.4. The maximum atomic E-state index is 12.8. The number of benzene rings is 2. The van der Waals surface area contributed by atoms with Gasteiger partial charge in [0.1, 0.15) is 5.58 Å². The lowest BCUT2D eigenvalue weighted by Crippen LogP contribution is -2.22. The summed E-state index contributed by atoms with van der Waals surface area (Å²) in [6.45, 7) is 6.50. The Balaban J connectivity index is 1.79. The van der Waals surface area contributed by atoms with Gasteiger partial charge in [-0.3, -0.25) is 9.36 Å². The topological polar surface area (TPSA) is 65.1 Å². The molecule has 0 bridgehead atoms. The number of rotatable bonds is 4. The van der Waals surface area contributed by atoms with Crippen molar-refractivity contribution >= 4 is 33.6 Å². The first-order chi connectivity index (χ1) is 13.5. The average molecular weight is 392 g/mol. The summed E-state index contributed by atoms with van der Waals surface area (Å²) in [6, 6.07) is 12.8. The van der Waals surface area contributed by atoms with Crippen LogP contribution in [-0.2, 0) is 12.3 Å². The third kappa shape index (κ3) is 3.24. The summed E-state index contributed by atoms with van der Waals surface area (Å²) in [5, 5.41) is 2.18. The summed E-state index contributed by atoms with van der Waals surface area (Å²) in [4.78, 5) is 29.5. The SMILES string of the molecule is CCn1c(SCc2cc(=O)oc3cc(C)c(C)cc23)nc2ccccc2c1=O. The maximum absolute atomic E-state index is 12.8. The van der Waals surface area contributed by atoms with Crippen LogP contribution in [0.1, 0.15) is 23.6 Å². The van der Waals surface area contributed by atoms with Gasteiger partial charge >= 0.3 is 5.63 Å². The van der Waals surface area contributed by atoms with Crippen molar-refractivity contribution in [2.75, 3.05) is 0 Å². The van der Waals surface area contributed by atoms with Gasteiger partial charge in [0, 0.05) is 23.8 Å². The van der Waals surface area contributed by atoms with Gasteiger partial charge in [-0.05, 0) is 61.7 Å². The van der Waals surface area contributed by atoms with Crippen molar-refractivity contribution in [1.29, 1.82) is 0 Å². The van der Waals surface area contributed by atoms with Crippen molar-refractivity contribution in [2.24, 2.45) is 0 Å². The van der Waals surface area contributed by atoms with Gasteiger partial charge in [0.05, 0.1) is 10.9 Å². The molecule has 2 aromatic carbocycles. The van der Waals surface area contributed by atoms with Crippen LogP contribution < -0.4 is 11.2 Å². The number of hydrogen-bond donors (Lipinski definition) is 0. The molecule has 142 valence electrons. The minimum Gasteiger partial charge on any atom is -0.423 e. The molecule has 0 unspecified atom stereocenters. The minimum absolute atomic E-state index is 0.0421. The summed E-state index contributed by atoms with van der Waals surface area (Å²) < 4.78 is 7.05. The second-order valence-electron chi connectivity index (χ2n) is 6.77. The van der Waals surface area contributed by atoms with E-state index in [1.165, 1.54) is 17.8 Å². The van der Waals surface area contributed by atoms with E-state index in [0.29, 0.717) is 33.9 Å². The standard InChI is InChI=1S/C22H20N2O3S/c1-4-24-21(26)16-7-5-6-8-18(16)23-22(24)28-12-15-11-20(25)27-19-10-14(3)13(2)9-17(15)19/h5-11H,4,12H2,1-3H3. The summed E-state index contributed by atoms with van der Waals surface area (Å²) in [7, 11) is 0. The predicted molar refractivity (Wildman–Crippen MR) is 113 cm³/mol. The molecule has 5 nitrogen and oxygen atoms in total. The van der Waals surface area contributed by atoms with E-state index in [9.17, 15) is 9.59 Å². The molecule has 0 amide bonds. The molecule has 0 aliphatic heterocycles. The third-order valence-corrected chi connectivity index (χ3v) is 5.97. The molecule has 0 radical (unpaired) electrons. The lowest BCUT2D eigenvalue weighted by Gasteiger charge is -2.12. The Hall–Kier alpha value is -2.86. The van der Waals surface area contributed by atoms with Gasteiger partial charge in [0.2, 0.25) is 0 Å². The molecule has 4 rings (SSSR count). The molecule has 0 N–H and O–H groups in total. The van der Waals surface area contributed by atoms with Crippen LogP contribution in [0.5, 0.6) is 0 Å². The highest BCUT2D eigenvalue weighted by Gasteiger charge is 2.13. The predicted octanol–water partition coefficient (Wildman–Crippen LogP) is 4.43. The molecule has 0 fully saturated rings. The number of hydrogen-bond acceptors (Lipinski definition) is 5. The van der Waals surface area contributed by atoms with E-state index in [0.717, 1.165) is 22.1 Å². The number of fused-ring (bicyclic) bond motifs is 2. The Kier molecular flexibility index (Phi) is 4.81. The largest absolute Gasteiger partial charge is 0.423 e. The zero-order valence-electron chi connectivity index (χ0n) is 16.0. The Bertz CT molecular complexity index is 1320. The molecule has 6 heteroatoms. The number of aromatic nitrogens is 2. The van der Waals surface area contributed by atoms with Crippen LogP contribution in [0, 0.1) is 13.8 Å². The monoisotopic (exact) mass is 392 g/mol. The Morgan fingerprint density at radius 1 is 1.04 bits per heavy atom. The fourth-order valence-electron chi connectivity index (χ4n) is 3.28. The molecule has 4 aromatic rings. The second-order valence-corrected chi connectivity index (χ2v) is 7.72. The van der Waals surface area contributed by atoms with Crippen LogP contribution >= 0.6 is 11.8 Å². The molecule has 2 heterocycles. The van der Waals surface area contributed by atoms with Gasteiger partial charge in [-0.1, -0.05) is 23.9 Å². The van der Waals surface area contributed by atoms with Crippen LogP contribution in [0.2, 0.25) is 0 Å². The van der Waals surface area contributed by atoms with Gasteiger partial charge < -0.3 is 4.42 Å². The van der Waals surface area contributed by atoms with Crippen LogP contribution in [0.25, 0.3) is 21.9 Å². The van der Waals surface area contributed by atoms with Gasteiger partial charge in [-0.2, -0.15) is 0 Å². The number of nitrogens with zero attached hydrogens (tertiary/aromatic N) is 2. The zero-order valence-corrected chi connectivity index (χ0v) is 16.8. The smallest absolute Gasteiger partial charge is 0.336 e. The lowest BCUT2D eigenvalue weighted by molar-refractivity contribution is 0.559. The second kappa shape index (κ2) is 7.28. The fourth-order valence-corrected chi connectivity index (χ4v) is 4.34. The number of para-hydroxylation sites is 1. The van der Waals surface area contributed by atoms with Crippen molar-refractivity contribution in [3.8, 4) is 0 Å². The molecule has 2 aromatic heterocycles. The highest BCUT2D eigenvalue weighted by atomic mass is 32.2. The Morgan fingerprint density at radius 3 is 2.57 bits per heavy atom. The van der Waals surface area contributed by atoms with E-state index in [1.807, 2.05) is 51.1 Å². The molecule has 0 saturated heterocycles. The van der Waals surface area contributed by atoms with E-state index in [4.69, 9.17) is 4.42 Å². The highest BCUT2D eigenvalue weighted by molar-refractivity contribution is 7.98. The van der Waals surface area contributed by atoms with Gasteiger partial charge in [-0.15, -0.1) is 0 Å². The first-order valence-electron chi connectivity index (χ1n) is 9.14. The van der Waals surface area contributed by atoms with Gasteiger partial charge in [0.15, 0.2) is 5.16 Å². The average Bonchev–Trinajstić information content (AvgIpc) is 2.67. The van der Waals surface area contributed by atoms with E-state index in [1.54, 1.807) is 10.6 Å². The van der Waals surface area contributed by atoms with E-state index >= 15 is 0 Å². The van der Waals surface area contributed by atoms with Crippen LogP contribution in [0.3, 0.4) is 0 Å². The van der Waals surface area contributed by atoms with E-state index < -0.39 is 0 Å². The van der Waals surface area contributed by atoms with Gasteiger partial charge in [0.25, 0.3) is 5.56 Å². The van der Waals surface area contributed by atoms with E-state index in [2.05, 4.69) is 4.98 Å². The number of aryl methyl sites for hydroxylation is 2. The fraction of sp³-hybridized carbons (Fsp3) is 0.227. The Labute approximate surface area is 166 Å². The van der Waals surface area contributed by atoms with Crippen molar-refractivity contribution in [3.63, 3.8) is 0 Å². The molecular formula is C22H20N2O3S. The molecule has 0 saturated carbocycles. The number of thioether (sulfide) groups is 1. The van der Waals surface area contributed by atoms with Crippen LogP contribution in [0.15, 0.2) is 61.6 Å². The highest BCUT2D eigenvalue weighted by Crippen LogP contribution is 2.27.